The van der Waals surface area contributed by atoms with E-state index in [1.165, 1.54) is 6.26 Å². The molecule has 0 aliphatic carbocycles. The van der Waals surface area contributed by atoms with Crippen molar-refractivity contribution in [1.29, 1.82) is 0 Å². The van der Waals surface area contributed by atoms with E-state index < -0.39 is 11.9 Å². The summed E-state index contributed by atoms with van der Waals surface area (Å²) in [6, 6.07) is 9.92. The number of carbonyl (C=O) groups is 2. The van der Waals surface area contributed by atoms with Gasteiger partial charge >= 0.3 is 0 Å². The van der Waals surface area contributed by atoms with Crippen molar-refractivity contribution < 1.29 is 14.0 Å². The lowest BCUT2D eigenvalue weighted by Gasteiger charge is -2.20. The molecule has 124 valence electrons. The van der Waals surface area contributed by atoms with E-state index in [9.17, 15) is 9.59 Å². The van der Waals surface area contributed by atoms with Gasteiger partial charge in [0.1, 0.15) is 6.04 Å². The molecule has 3 N–H and O–H groups in total. The van der Waals surface area contributed by atoms with Gasteiger partial charge in [0, 0.05) is 0 Å². The maximum absolute atomic E-state index is 12.5. The Morgan fingerprint density at radius 2 is 1.96 bits per heavy atom. The van der Waals surface area contributed by atoms with Crippen LogP contribution in [0, 0.1) is 5.92 Å². The number of amides is 2. The maximum atomic E-state index is 12.5. The predicted octanol–water partition coefficient (Wildman–Crippen LogP) is 2.55. The minimum atomic E-state index is -0.712. The molecule has 0 aliphatic rings. The number of fused-ring (bicyclic) bond motifs is 1. The number of imidazole rings is 1. The normalized spacial score (nSPS) is 12.3. The van der Waals surface area contributed by atoms with E-state index in [1.807, 2.05) is 38.1 Å². The second-order valence-electron chi connectivity index (χ2n) is 5.76. The van der Waals surface area contributed by atoms with Crippen molar-refractivity contribution in [2.45, 2.75) is 19.9 Å². The van der Waals surface area contributed by atoms with Crippen LogP contribution in [0.2, 0.25) is 0 Å². The van der Waals surface area contributed by atoms with Crippen LogP contribution in [0.4, 0.5) is 5.95 Å². The molecular weight excluding hydrogens is 308 g/mol. The highest BCUT2D eigenvalue weighted by atomic mass is 16.3. The minimum Gasteiger partial charge on any atom is -0.459 e. The Hall–Kier alpha value is -3.09. The number of benzene rings is 1. The largest absolute Gasteiger partial charge is 0.459 e. The average Bonchev–Trinajstić information content (AvgIpc) is 3.20. The first kappa shape index (κ1) is 15.8. The molecule has 24 heavy (non-hydrogen) atoms. The molecular formula is C17H18N4O3. The van der Waals surface area contributed by atoms with Crippen LogP contribution >= 0.6 is 0 Å². The predicted molar refractivity (Wildman–Crippen MR) is 89.5 cm³/mol. The maximum Gasteiger partial charge on any atom is 0.287 e. The van der Waals surface area contributed by atoms with E-state index in [2.05, 4.69) is 20.6 Å². The third kappa shape index (κ3) is 3.29. The summed E-state index contributed by atoms with van der Waals surface area (Å²) in [6.07, 6.45) is 1.41. The van der Waals surface area contributed by atoms with E-state index in [-0.39, 0.29) is 17.6 Å². The Bertz CT molecular complexity index is 819. The van der Waals surface area contributed by atoms with Crippen LogP contribution in [-0.2, 0) is 4.79 Å². The van der Waals surface area contributed by atoms with Gasteiger partial charge in [-0.15, -0.1) is 0 Å². The monoisotopic (exact) mass is 326 g/mol. The first-order valence-electron chi connectivity index (χ1n) is 7.64. The zero-order valence-electron chi connectivity index (χ0n) is 13.4. The lowest BCUT2D eigenvalue weighted by atomic mass is 10.0. The highest BCUT2D eigenvalue weighted by Crippen LogP contribution is 2.14. The second kappa shape index (κ2) is 6.57. The summed E-state index contributed by atoms with van der Waals surface area (Å²) in [5.74, 6) is -0.369. The zero-order chi connectivity index (χ0) is 17.1. The molecule has 0 fully saturated rings. The van der Waals surface area contributed by atoms with Crippen LogP contribution in [-0.4, -0.2) is 27.8 Å². The number of rotatable bonds is 5. The molecule has 1 aromatic carbocycles. The van der Waals surface area contributed by atoms with E-state index in [0.717, 1.165) is 11.0 Å². The van der Waals surface area contributed by atoms with Gasteiger partial charge in [-0.05, 0) is 30.2 Å². The number of aromatic nitrogens is 2. The third-order valence-electron chi connectivity index (χ3n) is 3.61. The second-order valence-corrected chi connectivity index (χ2v) is 5.76. The van der Waals surface area contributed by atoms with Crippen molar-refractivity contribution in [2.75, 3.05) is 5.32 Å². The quantitative estimate of drug-likeness (QED) is 0.671. The number of para-hydroxylation sites is 2. The first-order chi connectivity index (χ1) is 11.5. The standard InChI is InChI=1S/C17H18N4O3/c1-10(2)14(20-15(22)13-8-5-9-24-13)16(23)21-17-18-11-6-3-4-7-12(11)19-17/h3-10,14H,1-2H3,(H,20,22)(H2,18,19,21,23). The molecule has 7 nitrogen and oxygen atoms in total. The molecule has 1 unspecified atom stereocenters. The number of aromatic amines is 1. The zero-order valence-corrected chi connectivity index (χ0v) is 13.4. The first-order valence-corrected chi connectivity index (χ1v) is 7.64. The van der Waals surface area contributed by atoms with Crippen LogP contribution in [0.25, 0.3) is 11.0 Å². The van der Waals surface area contributed by atoms with E-state index in [0.29, 0.717) is 5.95 Å². The molecule has 0 saturated heterocycles. The van der Waals surface area contributed by atoms with Gasteiger partial charge in [-0.1, -0.05) is 26.0 Å². The minimum absolute atomic E-state index is 0.103. The third-order valence-corrected chi connectivity index (χ3v) is 3.61. The summed E-state index contributed by atoms with van der Waals surface area (Å²) in [7, 11) is 0. The van der Waals surface area contributed by atoms with Gasteiger partial charge in [-0.2, -0.15) is 0 Å². The number of carbonyl (C=O) groups excluding carboxylic acids is 2. The Balaban J connectivity index is 1.73. The number of nitrogens with zero attached hydrogens (tertiary/aromatic N) is 1. The summed E-state index contributed by atoms with van der Waals surface area (Å²) in [5.41, 5.74) is 1.59. The van der Waals surface area contributed by atoms with Crippen molar-refractivity contribution in [2.24, 2.45) is 5.92 Å². The summed E-state index contributed by atoms with van der Waals surface area (Å²) >= 11 is 0. The SMILES string of the molecule is CC(C)C(NC(=O)c1ccco1)C(=O)Nc1nc2ccccc2[nH]1. The Morgan fingerprint density at radius 1 is 1.17 bits per heavy atom. The fraction of sp³-hybridized carbons (Fsp3) is 0.235. The fourth-order valence-electron chi connectivity index (χ4n) is 2.36. The number of anilines is 1. The number of nitrogens with one attached hydrogen (secondary N) is 3. The number of furan rings is 1. The van der Waals surface area contributed by atoms with Crippen LogP contribution < -0.4 is 10.6 Å². The molecule has 2 heterocycles. The van der Waals surface area contributed by atoms with Gasteiger partial charge in [0.05, 0.1) is 17.3 Å². The smallest absolute Gasteiger partial charge is 0.287 e. The summed E-state index contributed by atoms with van der Waals surface area (Å²) in [6.45, 7) is 3.70. The molecule has 0 aliphatic heterocycles. The molecule has 2 amide bonds. The molecule has 7 heteroatoms. The van der Waals surface area contributed by atoms with Crippen LogP contribution in [0.15, 0.2) is 47.1 Å². The van der Waals surface area contributed by atoms with Crippen molar-refractivity contribution in [3.63, 3.8) is 0 Å². The van der Waals surface area contributed by atoms with E-state index in [4.69, 9.17) is 4.42 Å². The Morgan fingerprint density at radius 3 is 2.62 bits per heavy atom. The molecule has 3 aromatic rings. The Kier molecular flexibility index (Phi) is 4.33. The molecule has 2 aromatic heterocycles. The molecule has 1 atom stereocenters. The molecule has 0 bridgehead atoms. The molecule has 0 radical (unpaired) electrons. The summed E-state index contributed by atoms with van der Waals surface area (Å²) in [4.78, 5) is 32.0. The van der Waals surface area contributed by atoms with Gasteiger partial charge in [-0.25, -0.2) is 4.98 Å². The van der Waals surface area contributed by atoms with Crippen molar-refractivity contribution in [1.82, 2.24) is 15.3 Å². The molecule has 0 spiro atoms. The number of hydrogen-bond acceptors (Lipinski definition) is 4. The lowest BCUT2D eigenvalue weighted by Crippen LogP contribution is -2.47. The van der Waals surface area contributed by atoms with Gasteiger partial charge in [0.15, 0.2) is 5.76 Å². The van der Waals surface area contributed by atoms with Crippen LogP contribution in [0.1, 0.15) is 24.4 Å². The van der Waals surface area contributed by atoms with Gasteiger partial charge in [-0.3, -0.25) is 14.9 Å². The number of hydrogen-bond donors (Lipinski definition) is 3. The van der Waals surface area contributed by atoms with E-state index in [1.54, 1.807) is 12.1 Å². The highest BCUT2D eigenvalue weighted by molar-refractivity contribution is 6.00. The molecule has 0 saturated carbocycles. The van der Waals surface area contributed by atoms with Crippen molar-refractivity contribution >= 4 is 28.8 Å². The van der Waals surface area contributed by atoms with E-state index >= 15 is 0 Å². The summed E-state index contributed by atoms with van der Waals surface area (Å²) in [5, 5.41) is 5.40. The highest BCUT2D eigenvalue weighted by Gasteiger charge is 2.26. The Labute approximate surface area is 138 Å². The van der Waals surface area contributed by atoms with Gasteiger partial charge in [0.2, 0.25) is 11.9 Å². The van der Waals surface area contributed by atoms with Crippen LogP contribution in [0.5, 0.6) is 0 Å². The van der Waals surface area contributed by atoms with Crippen LogP contribution in [0.3, 0.4) is 0 Å². The number of H-pyrrole nitrogens is 1. The van der Waals surface area contributed by atoms with Crippen molar-refractivity contribution in [3.8, 4) is 0 Å². The summed E-state index contributed by atoms with van der Waals surface area (Å²) < 4.78 is 5.05. The molecule has 3 rings (SSSR count). The van der Waals surface area contributed by atoms with Crippen molar-refractivity contribution in [3.05, 3.63) is 48.4 Å². The van der Waals surface area contributed by atoms with Gasteiger partial charge in [0.25, 0.3) is 5.91 Å². The average molecular weight is 326 g/mol. The lowest BCUT2D eigenvalue weighted by molar-refractivity contribution is -0.118. The van der Waals surface area contributed by atoms with Gasteiger partial charge < -0.3 is 14.7 Å². The fourth-order valence-corrected chi connectivity index (χ4v) is 2.36. The topological polar surface area (TPSA) is 100 Å².